The number of rotatable bonds is 1. The molecule has 0 aliphatic carbocycles. The topological polar surface area (TPSA) is 32.5 Å². The Balaban J connectivity index is 1.89. The van der Waals surface area contributed by atoms with Crippen LogP contribution in [0.4, 0.5) is 20.2 Å². The van der Waals surface area contributed by atoms with E-state index in [0.29, 0.717) is 11.7 Å². The van der Waals surface area contributed by atoms with Crippen molar-refractivity contribution in [2.24, 2.45) is 0 Å². The lowest BCUT2D eigenvalue weighted by Crippen LogP contribution is -2.59. The van der Waals surface area contributed by atoms with E-state index in [-0.39, 0.29) is 11.7 Å². The first-order valence-corrected chi connectivity index (χ1v) is 7.31. The smallest absolute Gasteiger partial charge is 0.151 e. The lowest BCUT2D eigenvalue weighted by atomic mass is 9.96. The second-order valence-electron chi connectivity index (χ2n) is 5.97. The molecule has 0 saturated carbocycles. The Kier molecular flexibility index (Phi) is 3.54. The maximum Gasteiger partial charge on any atom is 0.151 e. The van der Waals surface area contributed by atoms with Crippen molar-refractivity contribution in [2.75, 3.05) is 30.3 Å². The Hall–Kier alpha value is -1.36. The fourth-order valence-corrected chi connectivity index (χ4v) is 3.50. The highest BCUT2D eigenvalue weighted by Crippen LogP contribution is 2.33. The molecule has 2 aliphatic heterocycles. The number of anilines is 2. The van der Waals surface area contributed by atoms with Crippen LogP contribution in [-0.2, 0) is 0 Å². The molecule has 0 amide bonds. The Bertz CT molecular complexity index is 506. The third-order valence-corrected chi connectivity index (χ3v) is 4.57. The summed E-state index contributed by atoms with van der Waals surface area (Å²) in [5.74, 6) is -1.23. The van der Waals surface area contributed by atoms with Crippen LogP contribution >= 0.6 is 0 Å². The highest BCUT2D eigenvalue weighted by Gasteiger charge is 2.34. The first kappa shape index (κ1) is 13.6. The van der Waals surface area contributed by atoms with Gasteiger partial charge >= 0.3 is 0 Å². The number of hydrogen-bond donors (Lipinski definition) is 1. The van der Waals surface area contributed by atoms with Gasteiger partial charge in [0.2, 0.25) is 0 Å². The van der Waals surface area contributed by atoms with Crippen LogP contribution in [0.2, 0.25) is 0 Å². The van der Waals surface area contributed by atoms with Gasteiger partial charge in [0.15, 0.2) is 5.82 Å². The van der Waals surface area contributed by atoms with Gasteiger partial charge in [0, 0.05) is 31.2 Å². The number of nitrogens with zero attached hydrogens (tertiary/aromatic N) is 2. The molecule has 3 rings (SSSR count). The zero-order chi connectivity index (χ0) is 14.3. The van der Waals surface area contributed by atoms with Gasteiger partial charge in [0.05, 0.1) is 11.4 Å². The maximum atomic E-state index is 13.7. The number of benzene rings is 1. The highest BCUT2D eigenvalue weighted by molar-refractivity contribution is 5.69. The van der Waals surface area contributed by atoms with Crippen molar-refractivity contribution in [3.63, 3.8) is 0 Å². The third kappa shape index (κ3) is 2.35. The van der Waals surface area contributed by atoms with Crippen LogP contribution in [-0.4, -0.2) is 36.6 Å². The van der Waals surface area contributed by atoms with Gasteiger partial charge in [-0.2, -0.15) is 0 Å². The van der Waals surface area contributed by atoms with E-state index < -0.39 is 11.6 Å². The molecule has 2 unspecified atom stereocenters. The molecule has 2 aliphatic rings. The molecule has 5 heteroatoms. The number of hydrogen-bond acceptors (Lipinski definition) is 3. The Morgan fingerprint density at radius 2 is 2.00 bits per heavy atom. The number of nitrogen functional groups attached to an aromatic ring is 1. The number of nitrogens with two attached hydrogens (primary N) is 1. The van der Waals surface area contributed by atoms with Gasteiger partial charge in [0.25, 0.3) is 0 Å². The van der Waals surface area contributed by atoms with Crippen molar-refractivity contribution in [3.8, 4) is 0 Å². The van der Waals surface area contributed by atoms with Crippen molar-refractivity contribution in [3.05, 3.63) is 23.8 Å². The van der Waals surface area contributed by atoms with Crippen LogP contribution in [0.15, 0.2) is 12.1 Å². The van der Waals surface area contributed by atoms with Crippen molar-refractivity contribution in [1.82, 2.24) is 4.90 Å². The van der Waals surface area contributed by atoms with Crippen LogP contribution in [0.25, 0.3) is 0 Å². The summed E-state index contributed by atoms with van der Waals surface area (Å²) in [6, 6.07) is 2.90. The minimum atomic E-state index is -0.668. The minimum Gasteiger partial charge on any atom is -0.395 e. The molecule has 0 spiro atoms. The van der Waals surface area contributed by atoms with Gasteiger partial charge in [-0.25, -0.2) is 8.78 Å². The van der Waals surface area contributed by atoms with Crippen LogP contribution in [0, 0.1) is 11.6 Å². The normalized spacial score (nSPS) is 27.4. The highest BCUT2D eigenvalue weighted by atomic mass is 19.1. The predicted octanol–water partition coefficient (Wildman–Crippen LogP) is 2.61. The Morgan fingerprint density at radius 3 is 2.80 bits per heavy atom. The van der Waals surface area contributed by atoms with Crippen LogP contribution < -0.4 is 10.6 Å². The third-order valence-electron chi connectivity index (χ3n) is 4.57. The summed E-state index contributed by atoms with van der Waals surface area (Å²) in [6.45, 7) is 4.96. The number of fused-ring (bicyclic) bond motifs is 1. The molecule has 110 valence electrons. The maximum absolute atomic E-state index is 13.7. The summed E-state index contributed by atoms with van der Waals surface area (Å²) in [6.07, 6.45) is 3.64. The van der Waals surface area contributed by atoms with Gasteiger partial charge in [0.1, 0.15) is 5.82 Å². The largest absolute Gasteiger partial charge is 0.395 e. The fraction of sp³-hybridized carbons (Fsp3) is 0.600. The average Bonchev–Trinajstić information content (AvgIpc) is 2.42. The second kappa shape index (κ2) is 5.20. The van der Waals surface area contributed by atoms with Crippen molar-refractivity contribution in [2.45, 2.75) is 38.3 Å². The first-order chi connectivity index (χ1) is 9.56. The second-order valence-corrected chi connectivity index (χ2v) is 5.97. The molecular formula is C15H21F2N3. The summed E-state index contributed by atoms with van der Waals surface area (Å²) in [4.78, 5) is 4.56. The monoisotopic (exact) mass is 281 g/mol. The van der Waals surface area contributed by atoms with E-state index in [1.165, 1.54) is 18.9 Å². The molecule has 2 heterocycles. The molecule has 2 N–H and O–H groups in total. The van der Waals surface area contributed by atoms with Gasteiger partial charge < -0.3 is 10.6 Å². The van der Waals surface area contributed by atoms with Crippen molar-refractivity contribution < 1.29 is 8.78 Å². The summed E-state index contributed by atoms with van der Waals surface area (Å²) in [5, 5.41) is 0. The van der Waals surface area contributed by atoms with Crippen molar-refractivity contribution >= 4 is 11.4 Å². The Labute approximate surface area is 118 Å². The number of halogens is 2. The van der Waals surface area contributed by atoms with E-state index in [2.05, 4.69) is 16.7 Å². The summed E-state index contributed by atoms with van der Waals surface area (Å²) in [7, 11) is 0. The van der Waals surface area contributed by atoms with E-state index in [4.69, 9.17) is 5.73 Å². The minimum absolute atomic E-state index is 0.0579. The molecule has 1 aromatic carbocycles. The first-order valence-electron chi connectivity index (χ1n) is 7.31. The molecule has 20 heavy (non-hydrogen) atoms. The zero-order valence-electron chi connectivity index (χ0n) is 11.8. The lowest BCUT2D eigenvalue weighted by Gasteiger charge is -2.48. The van der Waals surface area contributed by atoms with Gasteiger partial charge in [-0.05, 0) is 32.4 Å². The molecule has 2 fully saturated rings. The Morgan fingerprint density at radius 1 is 1.20 bits per heavy atom. The van der Waals surface area contributed by atoms with Gasteiger partial charge in [-0.1, -0.05) is 6.42 Å². The molecule has 2 atom stereocenters. The summed E-state index contributed by atoms with van der Waals surface area (Å²) < 4.78 is 27.1. The molecule has 1 aromatic rings. The average molecular weight is 281 g/mol. The van der Waals surface area contributed by atoms with Crippen LogP contribution in [0.1, 0.15) is 26.2 Å². The molecule has 0 bridgehead atoms. The van der Waals surface area contributed by atoms with E-state index >= 15 is 0 Å². The molecule has 0 radical (unpaired) electrons. The van der Waals surface area contributed by atoms with Gasteiger partial charge in [-0.3, -0.25) is 4.90 Å². The van der Waals surface area contributed by atoms with Crippen LogP contribution in [0.5, 0.6) is 0 Å². The molecule has 3 nitrogen and oxygen atoms in total. The van der Waals surface area contributed by atoms with E-state index in [9.17, 15) is 8.78 Å². The number of piperidine rings is 1. The molecule has 2 saturated heterocycles. The molecular weight excluding hydrogens is 260 g/mol. The SMILES string of the molecule is CC1CN2CCCCC2CN1c1cc(F)cc(F)c1N. The molecule has 0 aromatic heterocycles. The number of piperazine rings is 1. The van der Waals surface area contributed by atoms with Crippen molar-refractivity contribution in [1.29, 1.82) is 0 Å². The van der Waals surface area contributed by atoms with Gasteiger partial charge in [-0.15, -0.1) is 0 Å². The quantitative estimate of drug-likeness (QED) is 0.803. The zero-order valence-corrected chi connectivity index (χ0v) is 11.8. The van der Waals surface area contributed by atoms with E-state index in [1.807, 2.05) is 0 Å². The summed E-state index contributed by atoms with van der Waals surface area (Å²) in [5.41, 5.74) is 6.37. The summed E-state index contributed by atoms with van der Waals surface area (Å²) >= 11 is 0. The van der Waals surface area contributed by atoms with E-state index in [1.54, 1.807) is 0 Å². The fourth-order valence-electron chi connectivity index (χ4n) is 3.50. The standard InChI is InChI=1S/C15H21F2N3/c1-10-8-19-5-3-2-4-12(19)9-20(10)14-7-11(16)6-13(17)15(14)18/h6-7,10,12H,2-5,8-9,18H2,1H3. The van der Waals surface area contributed by atoms with E-state index in [0.717, 1.165) is 32.1 Å². The predicted molar refractivity (Wildman–Crippen MR) is 76.8 cm³/mol. The lowest BCUT2D eigenvalue weighted by molar-refractivity contribution is 0.115. The van der Waals surface area contributed by atoms with Crippen LogP contribution in [0.3, 0.4) is 0 Å².